The highest BCUT2D eigenvalue weighted by molar-refractivity contribution is 6.35. The molecule has 0 amide bonds. The zero-order valence-electron chi connectivity index (χ0n) is 14.8. The SMILES string of the molecule is CCOc1ccccc1OCC1CN(Cc2ccc(Cl)cc2Cl)CCO1. The van der Waals surface area contributed by atoms with E-state index in [0.29, 0.717) is 29.9 Å². The minimum Gasteiger partial charge on any atom is -0.490 e. The van der Waals surface area contributed by atoms with Crippen LogP contribution in [0.3, 0.4) is 0 Å². The monoisotopic (exact) mass is 395 g/mol. The van der Waals surface area contributed by atoms with Gasteiger partial charge in [-0.05, 0) is 36.8 Å². The normalized spacial score (nSPS) is 17.9. The maximum Gasteiger partial charge on any atom is 0.161 e. The third-order valence-electron chi connectivity index (χ3n) is 4.21. The number of halogens is 2. The second kappa shape index (κ2) is 9.47. The molecule has 1 heterocycles. The molecule has 0 spiro atoms. The van der Waals surface area contributed by atoms with Crippen molar-refractivity contribution in [3.8, 4) is 11.5 Å². The first-order valence-electron chi connectivity index (χ1n) is 8.78. The lowest BCUT2D eigenvalue weighted by atomic mass is 10.2. The lowest BCUT2D eigenvalue weighted by Crippen LogP contribution is -2.44. The number of ether oxygens (including phenoxy) is 3. The summed E-state index contributed by atoms with van der Waals surface area (Å²) in [5.41, 5.74) is 1.07. The van der Waals surface area contributed by atoms with E-state index in [9.17, 15) is 0 Å². The Morgan fingerprint density at radius 3 is 2.62 bits per heavy atom. The molecule has 26 heavy (non-hydrogen) atoms. The van der Waals surface area contributed by atoms with E-state index in [-0.39, 0.29) is 6.10 Å². The topological polar surface area (TPSA) is 30.9 Å². The fourth-order valence-corrected chi connectivity index (χ4v) is 3.41. The highest BCUT2D eigenvalue weighted by atomic mass is 35.5. The third-order valence-corrected chi connectivity index (χ3v) is 4.79. The Balaban J connectivity index is 1.55. The summed E-state index contributed by atoms with van der Waals surface area (Å²) in [6.45, 7) is 6.14. The van der Waals surface area contributed by atoms with Crippen LogP contribution in [-0.2, 0) is 11.3 Å². The Kier molecular flexibility index (Phi) is 7.03. The number of rotatable bonds is 7. The van der Waals surface area contributed by atoms with Gasteiger partial charge in [-0.25, -0.2) is 0 Å². The molecule has 1 unspecified atom stereocenters. The van der Waals surface area contributed by atoms with E-state index in [4.69, 9.17) is 37.4 Å². The smallest absolute Gasteiger partial charge is 0.161 e. The van der Waals surface area contributed by atoms with Crippen LogP contribution in [0.1, 0.15) is 12.5 Å². The third kappa shape index (κ3) is 5.27. The maximum atomic E-state index is 6.29. The molecule has 1 aliphatic heterocycles. The van der Waals surface area contributed by atoms with Crippen LogP contribution in [0.15, 0.2) is 42.5 Å². The summed E-state index contributed by atoms with van der Waals surface area (Å²) in [6, 6.07) is 13.3. The van der Waals surface area contributed by atoms with Crippen LogP contribution in [-0.4, -0.2) is 43.9 Å². The first-order valence-corrected chi connectivity index (χ1v) is 9.54. The average molecular weight is 396 g/mol. The summed E-state index contributed by atoms with van der Waals surface area (Å²) in [7, 11) is 0. The van der Waals surface area contributed by atoms with Crippen molar-refractivity contribution in [1.82, 2.24) is 4.90 Å². The summed E-state index contributed by atoms with van der Waals surface area (Å²) in [5.74, 6) is 1.51. The van der Waals surface area contributed by atoms with Crippen molar-refractivity contribution in [2.24, 2.45) is 0 Å². The number of hydrogen-bond acceptors (Lipinski definition) is 4. The van der Waals surface area contributed by atoms with Crippen LogP contribution in [0, 0.1) is 0 Å². The van der Waals surface area contributed by atoms with Gasteiger partial charge in [0.1, 0.15) is 12.7 Å². The second-order valence-electron chi connectivity index (χ2n) is 6.15. The van der Waals surface area contributed by atoms with Gasteiger partial charge in [0.05, 0.1) is 13.2 Å². The van der Waals surface area contributed by atoms with Crippen LogP contribution in [0.2, 0.25) is 10.0 Å². The van der Waals surface area contributed by atoms with Crippen LogP contribution < -0.4 is 9.47 Å². The van der Waals surface area contributed by atoms with E-state index < -0.39 is 0 Å². The Morgan fingerprint density at radius 1 is 1.12 bits per heavy atom. The molecule has 1 fully saturated rings. The fraction of sp³-hybridized carbons (Fsp3) is 0.400. The van der Waals surface area contributed by atoms with E-state index in [1.54, 1.807) is 6.07 Å². The lowest BCUT2D eigenvalue weighted by molar-refractivity contribution is -0.0507. The predicted molar refractivity (Wildman–Crippen MR) is 105 cm³/mol. The van der Waals surface area contributed by atoms with Crippen LogP contribution >= 0.6 is 23.2 Å². The number of hydrogen-bond donors (Lipinski definition) is 0. The van der Waals surface area contributed by atoms with E-state index >= 15 is 0 Å². The Bertz CT molecular complexity index is 726. The molecular weight excluding hydrogens is 373 g/mol. The van der Waals surface area contributed by atoms with Gasteiger partial charge < -0.3 is 14.2 Å². The van der Waals surface area contributed by atoms with Crippen LogP contribution in [0.25, 0.3) is 0 Å². The van der Waals surface area contributed by atoms with E-state index in [1.807, 2.05) is 43.3 Å². The molecule has 2 aromatic rings. The maximum absolute atomic E-state index is 6.29. The quantitative estimate of drug-likeness (QED) is 0.681. The van der Waals surface area contributed by atoms with Crippen molar-refractivity contribution in [2.45, 2.75) is 19.6 Å². The summed E-state index contributed by atoms with van der Waals surface area (Å²) in [6.07, 6.45) is 0.00417. The molecule has 0 aromatic heterocycles. The molecule has 6 heteroatoms. The number of nitrogens with zero attached hydrogens (tertiary/aromatic N) is 1. The standard InChI is InChI=1S/C20H23Cl2NO3/c1-2-24-19-5-3-4-6-20(19)26-14-17-13-23(9-10-25-17)12-15-7-8-16(21)11-18(15)22/h3-8,11,17H,2,9-10,12-14H2,1H3. The number of morpholine rings is 1. The van der Waals surface area contributed by atoms with E-state index in [1.165, 1.54) is 0 Å². The molecule has 4 nitrogen and oxygen atoms in total. The van der Waals surface area contributed by atoms with Gasteiger partial charge >= 0.3 is 0 Å². The van der Waals surface area contributed by atoms with Gasteiger partial charge in [0.15, 0.2) is 11.5 Å². The summed E-state index contributed by atoms with van der Waals surface area (Å²) >= 11 is 12.3. The molecule has 0 N–H and O–H groups in total. The first-order chi connectivity index (χ1) is 12.7. The zero-order valence-corrected chi connectivity index (χ0v) is 16.3. The predicted octanol–water partition coefficient (Wildman–Crippen LogP) is 4.67. The first kappa shape index (κ1) is 19.3. The summed E-state index contributed by atoms with van der Waals surface area (Å²) in [4.78, 5) is 2.32. The molecular formula is C20H23Cl2NO3. The van der Waals surface area contributed by atoms with Crippen LogP contribution in [0.5, 0.6) is 11.5 Å². The number of para-hydroxylation sites is 2. The largest absolute Gasteiger partial charge is 0.490 e. The molecule has 140 valence electrons. The van der Waals surface area contributed by atoms with Gasteiger partial charge in [-0.2, -0.15) is 0 Å². The van der Waals surface area contributed by atoms with Gasteiger partial charge in [0.25, 0.3) is 0 Å². The molecule has 1 saturated heterocycles. The van der Waals surface area contributed by atoms with Crippen molar-refractivity contribution in [3.63, 3.8) is 0 Å². The van der Waals surface area contributed by atoms with Crippen molar-refractivity contribution in [3.05, 3.63) is 58.1 Å². The van der Waals surface area contributed by atoms with E-state index in [0.717, 1.165) is 36.7 Å². The molecule has 0 aliphatic carbocycles. The molecule has 2 aromatic carbocycles. The van der Waals surface area contributed by atoms with E-state index in [2.05, 4.69) is 4.90 Å². The summed E-state index contributed by atoms with van der Waals surface area (Å²) in [5, 5.41) is 1.35. The second-order valence-corrected chi connectivity index (χ2v) is 7.00. The fourth-order valence-electron chi connectivity index (χ4n) is 2.94. The Hall–Kier alpha value is -1.46. The lowest BCUT2D eigenvalue weighted by Gasteiger charge is -2.33. The Labute approximate surface area is 164 Å². The van der Waals surface area contributed by atoms with Crippen molar-refractivity contribution in [2.75, 3.05) is 32.9 Å². The van der Waals surface area contributed by atoms with Gasteiger partial charge in [-0.1, -0.05) is 41.4 Å². The zero-order chi connectivity index (χ0) is 18.4. The van der Waals surface area contributed by atoms with Gasteiger partial charge in [0, 0.05) is 29.7 Å². The summed E-state index contributed by atoms with van der Waals surface area (Å²) < 4.78 is 17.4. The highest BCUT2D eigenvalue weighted by Crippen LogP contribution is 2.27. The minimum absolute atomic E-state index is 0.00417. The minimum atomic E-state index is 0.00417. The van der Waals surface area contributed by atoms with Crippen molar-refractivity contribution >= 4 is 23.2 Å². The molecule has 0 bridgehead atoms. The van der Waals surface area contributed by atoms with Crippen molar-refractivity contribution in [1.29, 1.82) is 0 Å². The highest BCUT2D eigenvalue weighted by Gasteiger charge is 2.22. The molecule has 0 radical (unpaired) electrons. The van der Waals surface area contributed by atoms with Gasteiger partial charge in [-0.3, -0.25) is 4.90 Å². The van der Waals surface area contributed by atoms with Gasteiger partial charge in [-0.15, -0.1) is 0 Å². The molecule has 3 rings (SSSR count). The molecule has 1 aliphatic rings. The molecule has 1 atom stereocenters. The number of benzene rings is 2. The van der Waals surface area contributed by atoms with Crippen molar-refractivity contribution < 1.29 is 14.2 Å². The van der Waals surface area contributed by atoms with Gasteiger partial charge in [0.2, 0.25) is 0 Å². The average Bonchev–Trinajstić information content (AvgIpc) is 2.64. The Morgan fingerprint density at radius 2 is 1.88 bits per heavy atom. The molecule has 0 saturated carbocycles. The van der Waals surface area contributed by atoms with Crippen LogP contribution in [0.4, 0.5) is 0 Å².